The number of hydrogen-bond acceptors (Lipinski definition) is 6. The second kappa shape index (κ2) is 7.46. The van der Waals surface area contributed by atoms with E-state index in [0.717, 1.165) is 69.8 Å². The maximum absolute atomic E-state index is 12.4. The lowest BCUT2D eigenvalue weighted by molar-refractivity contribution is 0.0693. The van der Waals surface area contributed by atoms with Crippen LogP contribution in [0.15, 0.2) is 28.0 Å². The molecule has 154 valence electrons. The second-order valence-electron chi connectivity index (χ2n) is 8.14. The molecule has 0 bridgehead atoms. The Morgan fingerprint density at radius 2 is 1.72 bits per heavy atom. The number of hydrogen-bond donors (Lipinski definition) is 2. The van der Waals surface area contributed by atoms with E-state index in [4.69, 9.17) is 0 Å². The predicted octanol–water partition coefficient (Wildman–Crippen LogP) is 4.03. The van der Waals surface area contributed by atoms with Crippen LogP contribution in [0.1, 0.15) is 21.5 Å². The molecule has 4 rings (SSSR count). The summed E-state index contributed by atoms with van der Waals surface area (Å²) in [6.07, 6.45) is 0. The molecule has 0 unspecified atom stereocenters. The number of benzene rings is 2. The molecule has 1 saturated heterocycles. The summed E-state index contributed by atoms with van der Waals surface area (Å²) in [5, 5.41) is 13.7. The molecule has 0 amide bonds. The van der Waals surface area contributed by atoms with Gasteiger partial charge in [-0.25, -0.2) is 4.79 Å². The van der Waals surface area contributed by atoms with E-state index < -0.39 is 5.97 Å². The average molecular weight is 413 g/mol. The van der Waals surface area contributed by atoms with Gasteiger partial charge in [0.25, 0.3) is 0 Å². The smallest absolute Gasteiger partial charge is 0.339 e. The van der Waals surface area contributed by atoms with E-state index in [2.05, 4.69) is 53.0 Å². The van der Waals surface area contributed by atoms with E-state index in [0.29, 0.717) is 5.56 Å². The van der Waals surface area contributed by atoms with Gasteiger partial charge in [0.05, 0.1) is 27.5 Å². The first-order valence-corrected chi connectivity index (χ1v) is 10.7. The normalized spacial score (nSPS) is 16.1. The standard InChI is InChI=1S/C22H28N4O2S/c1-13-10-15(24(3)4)12-17-19(13)23-20-14(2)11-16(18(22(27)28)21(20)29-17)26-8-6-25(5)7-9-26/h10-12,23H,6-9H2,1-5H3,(H,27,28). The van der Waals surface area contributed by atoms with Crippen molar-refractivity contribution in [3.05, 3.63) is 34.9 Å². The van der Waals surface area contributed by atoms with Crippen LogP contribution in [0, 0.1) is 13.8 Å². The van der Waals surface area contributed by atoms with Crippen molar-refractivity contribution in [2.45, 2.75) is 23.6 Å². The van der Waals surface area contributed by atoms with Gasteiger partial charge >= 0.3 is 5.97 Å². The average Bonchev–Trinajstić information content (AvgIpc) is 2.67. The monoisotopic (exact) mass is 412 g/mol. The molecule has 7 heteroatoms. The van der Waals surface area contributed by atoms with Crippen molar-refractivity contribution in [2.24, 2.45) is 0 Å². The van der Waals surface area contributed by atoms with Crippen LogP contribution in [0.4, 0.5) is 22.7 Å². The van der Waals surface area contributed by atoms with E-state index in [-0.39, 0.29) is 0 Å². The number of aryl methyl sites for hydroxylation is 2. The Bertz CT molecular complexity index is 982. The number of carboxylic acids is 1. The summed E-state index contributed by atoms with van der Waals surface area (Å²) in [6, 6.07) is 6.32. The molecule has 0 saturated carbocycles. The van der Waals surface area contributed by atoms with Gasteiger partial charge < -0.3 is 25.1 Å². The summed E-state index contributed by atoms with van der Waals surface area (Å²) in [7, 11) is 6.15. The number of nitrogens with one attached hydrogen (secondary N) is 1. The number of anilines is 4. The number of carbonyl (C=O) groups is 1. The first kappa shape index (κ1) is 19.9. The van der Waals surface area contributed by atoms with Crippen molar-refractivity contribution in [1.29, 1.82) is 0 Å². The fourth-order valence-corrected chi connectivity index (χ4v) is 5.32. The maximum Gasteiger partial charge on any atom is 0.339 e. The highest BCUT2D eigenvalue weighted by Gasteiger charge is 2.30. The molecule has 2 aromatic carbocycles. The number of aromatic carboxylic acids is 1. The molecule has 2 N–H and O–H groups in total. The van der Waals surface area contributed by atoms with E-state index in [1.807, 2.05) is 20.2 Å². The third-order valence-electron chi connectivity index (χ3n) is 5.78. The van der Waals surface area contributed by atoms with Gasteiger partial charge in [-0.3, -0.25) is 0 Å². The highest BCUT2D eigenvalue weighted by molar-refractivity contribution is 7.99. The van der Waals surface area contributed by atoms with Crippen molar-refractivity contribution in [1.82, 2.24) is 4.90 Å². The van der Waals surface area contributed by atoms with Gasteiger partial charge in [0.1, 0.15) is 0 Å². The highest BCUT2D eigenvalue weighted by atomic mass is 32.2. The predicted molar refractivity (Wildman–Crippen MR) is 121 cm³/mol. The molecule has 2 aliphatic heterocycles. The number of carboxylic acid groups (broad SMARTS) is 1. The van der Waals surface area contributed by atoms with Gasteiger partial charge in [0, 0.05) is 50.9 Å². The summed E-state index contributed by atoms with van der Waals surface area (Å²) in [4.78, 5) is 20.8. The molecule has 2 aromatic rings. The molecule has 0 aliphatic carbocycles. The van der Waals surface area contributed by atoms with Crippen LogP contribution in [0.3, 0.4) is 0 Å². The first-order chi connectivity index (χ1) is 13.8. The largest absolute Gasteiger partial charge is 0.478 e. The Morgan fingerprint density at radius 1 is 1.07 bits per heavy atom. The molecular formula is C22H28N4O2S. The maximum atomic E-state index is 12.4. The van der Waals surface area contributed by atoms with Crippen molar-refractivity contribution >= 4 is 40.5 Å². The number of likely N-dealkylation sites (N-methyl/N-ethyl adjacent to an activating group) is 1. The zero-order valence-electron chi connectivity index (χ0n) is 17.7. The quantitative estimate of drug-likeness (QED) is 0.674. The zero-order chi connectivity index (χ0) is 20.9. The van der Waals surface area contributed by atoms with Crippen LogP contribution in [0.2, 0.25) is 0 Å². The molecule has 1 fully saturated rings. The third kappa shape index (κ3) is 3.53. The number of piperazine rings is 1. The lowest BCUT2D eigenvalue weighted by Crippen LogP contribution is -2.45. The van der Waals surface area contributed by atoms with Crippen LogP contribution in [0.25, 0.3) is 0 Å². The molecular weight excluding hydrogens is 384 g/mol. The molecule has 0 spiro atoms. The molecule has 0 radical (unpaired) electrons. The highest BCUT2D eigenvalue weighted by Crippen LogP contribution is 2.51. The van der Waals surface area contributed by atoms with Gasteiger partial charge in [-0.15, -0.1) is 0 Å². The van der Waals surface area contributed by atoms with Crippen LogP contribution in [-0.2, 0) is 0 Å². The Hall–Kier alpha value is -2.38. The van der Waals surface area contributed by atoms with Gasteiger partial charge in [-0.2, -0.15) is 0 Å². The second-order valence-corrected chi connectivity index (χ2v) is 9.20. The van der Waals surface area contributed by atoms with E-state index in [1.165, 1.54) is 0 Å². The van der Waals surface area contributed by atoms with Gasteiger partial charge in [0.15, 0.2) is 0 Å². The first-order valence-electron chi connectivity index (χ1n) is 9.87. The number of rotatable bonds is 3. The SMILES string of the molecule is Cc1cc(N(C)C)cc2c1Nc1c(C)cc(N3CCN(C)CC3)c(C(=O)O)c1S2. The zero-order valence-corrected chi connectivity index (χ0v) is 18.5. The third-order valence-corrected chi connectivity index (χ3v) is 6.93. The fraction of sp³-hybridized carbons (Fsp3) is 0.409. The van der Waals surface area contributed by atoms with Crippen LogP contribution >= 0.6 is 11.8 Å². The summed E-state index contributed by atoms with van der Waals surface area (Å²) in [5.74, 6) is -0.867. The Balaban J connectivity index is 1.84. The summed E-state index contributed by atoms with van der Waals surface area (Å²) in [6.45, 7) is 7.72. The van der Waals surface area contributed by atoms with Crippen molar-refractivity contribution in [3.8, 4) is 0 Å². The van der Waals surface area contributed by atoms with Gasteiger partial charge in [-0.05, 0) is 50.2 Å². The molecule has 2 aliphatic rings. The Labute approximate surface area is 176 Å². The van der Waals surface area contributed by atoms with E-state index in [1.54, 1.807) is 11.8 Å². The summed E-state index contributed by atoms with van der Waals surface area (Å²) >= 11 is 1.57. The van der Waals surface area contributed by atoms with Crippen molar-refractivity contribution < 1.29 is 9.90 Å². The minimum Gasteiger partial charge on any atom is -0.478 e. The van der Waals surface area contributed by atoms with E-state index in [9.17, 15) is 9.90 Å². The van der Waals surface area contributed by atoms with Crippen molar-refractivity contribution in [3.63, 3.8) is 0 Å². The van der Waals surface area contributed by atoms with Gasteiger partial charge in [0.2, 0.25) is 0 Å². The molecule has 0 atom stereocenters. The van der Waals surface area contributed by atoms with Crippen LogP contribution in [-0.4, -0.2) is 63.3 Å². The lowest BCUT2D eigenvalue weighted by Gasteiger charge is -2.36. The fourth-order valence-electron chi connectivity index (χ4n) is 4.00. The number of fused-ring (bicyclic) bond motifs is 2. The summed E-state index contributed by atoms with van der Waals surface area (Å²) < 4.78 is 0. The number of nitrogens with zero attached hydrogens (tertiary/aromatic N) is 3. The lowest BCUT2D eigenvalue weighted by atomic mass is 10.0. The Morgan fingerprint density at radius 3 is 2.34 bits per heavy atom. The topological polar surface area (TPSA) is 59.0 Å². The molecule has 0 aromatic heterocycles. The van der Waals surface area contributed by atoms with Gasteiger partial charge in [-0.1, -0.05) is 11.8 Å². The van der Waals surface area contributed by atoms with Crippen molar-refractivity contribution in [2.75, 3.05) is 62.4 Å². The summed E-state index contributed by atoms with van der Waals surface area (Å²) in [5.41, 5.74) is 6.57. The minimum absolute atomic E-state index is 0.409. The Kier molecular flexibility index (Phi) is 5.12. The molecule has 6 nitrogen and oxygen atoms in total. The van der Waals surface area contributed by atoms with Crippen LogP contribution < -0.4 is 15.1 Å². The molecule has 2 heterocycles. The minimum atomic E-state index is -0.867. The van der Waals surface area contributed by atoms with Crippen LogP contribution in [0.5, 0.6) is 0 Å². The van der Waals surface area contributed by atoms with E-state index >= 15 is 0 Å². The molecule has 29 heavy (non-hydrogen) atoms.